The highest BCUT2D eigenvalue weighted by Crippen LogP contribution is 2.21. The number of nitrogens with zero attached hydrogens (tertiary/aromatic N) is 1. The Morgan fingerprint density at radius 1 is 1.41 bits per heavy atom. The summed E-state index contributed by atoms with van der Waals surface area (Å²) >= 11 is 3.43. The molecule has 1 unspecified atom stereocenters. The predicted octanol–water partition coefficient (Wildman–Crippen LogP) is 3.25. The highest BCUT2D eigenvalue weighted by Gasteiger charge is 2.12. The number of hydrogen-bond donors (Lipinski definition) is 1. The number of hydrogen-bond acceptors (Lipinski definition) is 3. The maximum absolute atomic E-state index is 5.34. The smallest absolute Gasteiger partial charge is 0.101 e. The molecule has 0 saturated carbocycles. The first kappa shape index (κ1) is 12.3. The van der Waals surface area contributed by atoms with Crippen molar-refractivity contribution in [1.82, 2.24) is 10.3 Å². The van der Waals surface area contributed by atoms with Gasteiger partial charge in [-0.25, -0.2) is 0 Å². The van der Waals surface area contributed by atoms with Gasteiger partial charge in [-0.15, -0.1) is 0 Å². The summed E-state index contributed by atoms with van der Waals surface area (Å²) in [5.74, 6) is 0.938. The molecule has 2 aromatic heterocycles. The molecule has 90 valence electrons. The van der Waals surface area contributed by atoms with Gasteiger partial charge in [0.15, 0.2) is 0 Å². The topological polar surface area (TPSA) is 38.1 Å². The van der Waals surface area contributed by atoms with Crippen LogP contribution in [0.2, 0.25) is 0 Å². The molecule has 17 heavy (non-hydrogen) atoms. The van der Waals surface area contributed by atoms with Gasteiger partial charge in [0, 0.05) is 28.5 Å². The largest absolute Gasteiger partial charge is 0.469 e. The van der Waals surface area contributed by atoms with Crippen molar-refractivity contribution in [3.05, 3.63) is 52.1 Å². The molecular formula is C13H15BrN2O. The molecule has 0 saturated heterocycles. The summed E-state index contributed by atoms with van der Waals surface area (Å²) in [6, 6.07) is 4.40. The lowest BCUT2D eigenvalue weighted by Crippen LogP contribution is -2.18. The standard InChI is InChI=1S/C13H15BrN2O/c1-9-3-11(8-17-9)13(15-2)5-10-4-12(14)7-16-6-10/h3-4,6-8,13,15H,5H2,1-2H3. The van der Waals surface area contributed by atoms with Gasteiger partial charge in [0.05, 0.1) is 6.26 Å². The van der Waals surface area contributed by atoms with Gasteiger partial charge in [0.25, 0.3) is 0 Å². The van der Waals surface area contributed by atoms with Crippen LogP contribution in [0.25, 0.3) is 0 Å². The van der Waals surface area contributed by atoms with Gasteiger partial charge in [0.1, 0.15) is 5.76 Å². The fourth-order valence-electron chi connectivity index (χ4n) is 1.84. The zero-order valence-electron chi connectivity index (χ0n) is 9.90. The van der Waals surface area contributed by atoms with E-state index in [1.807, 2.05) is 26.4 Å². The minimum atomic E-state index is 0.253. The molecule has 0 spiro atoms. The van der Waals surface area contributed by atoms with E-state index in [1.165, 1.54) is 11.1 Å². The molecule has 1 atom stereocenters. The first-order valence-electron chi connectivity index (χ1n) is 5.51. The van der Waals surface area contributed by atoms with Crippen LogP contribution in [0.4, 0.5) is 0 Å². The fraction of sp³-hybridized carbons (Fsp3) is 0.308. The Balaban J connectivity index is 2.15. The van der Waals surface area contributed by atoms with Gasteiger partial charge >= 0.3 is 0 Å². The minimum absolute atomic E-state index is 0.253. The molecule has 4 heteroatoms. The molecule has 0 aliphatic rings. The number of aryl methyl sites for hydroxylation is 1. The first-order valence-corrected chi connectivity index (χ1v) is 6.30. The highest BCUT2D eigenvalue weighted by atomic mass is 79.9. The molecule has 1 N–H and O–H groups in total. The van der Waals surface area contributed by atoms with E-state index >= 15 is 0 Å². The number of halogens is 1. The SMILES string of the molecule is CNC(Cc1cncc(Br)c1)c1coc(C)c1. The van der Waals surface area contributed by atoms with E-state index in [0.717, 1.165) is 16.7 Å². The number of furan rings is 1. The Morgan fingerprint density at radius 3 is 2.82 bits per heavy atom. The van der Waals surface area contributed by atoms with Crippen LogP contribution < -0.4 is 5.32 Å². The summed E-state index contributed by atoms with van der Waals surface area (Å²) in [6.45, 7) is 1.96. The van der Waals surface area contributed by atoms with Crippen LogP contribution in [0, 0.1) is 6.92 Å². The van der Waals surface area contributed by atoms with E-state index in [9.17, 15) is 0 Å². The van der Waals surface area contributed by atoms with Gasteiger partial charge in [0.2, 0.25) is 0 Å². The average molecular weight is 295 g/mol. The second-order valence-electron chi connectivity index (χ2n) is 4.05. The Labute approximate surface area is 109 Å². The third-order valence-corrected chi connectivity index (χ3v) is 3.14. The van der Waals surface area contributed by atoms with Crippen LogP contribution in [-0.2, 0) is 6.42 Å². The van der Waals surface area contributed by atoms with Crippen LogP contribution in [0.3, 0.4) is 0 Å². The van der Waals surface area contributed by atoms with Gasteiger partial charge in [-0.05, 0) is 54.0 Å². The maximum atomic E-state index is 5.34. The van der Waals surface area contributed by atoms with Crippen molar-refractivity contribution in [3.63, 3.8) is 0 Å². The molecule has 0 radical (unpaired) electrons. The quantitative estimate of drug-likeness (QED) is 0.941. The summed E-state index contributed by atoms with van der Waals surface area (Å²) in [7, 11) is 1.96. The summed E-state index contributed by atoms with van der Waals surface area (Å²) in [5.41, 5.74) is 2.36. The van der Waals surface area contributed by atoms with Crippen molar-refractivity contribution in [2.24, 2.45) is 0 Å². The van der Waals surface area contributed by atoms with E-state index in [0.29, 0.717) is 0 Å². The molecule has 0 amide bonds. The van der Waals surface area contributed by atoms with E-state index in [4.69, 9.17) is 4.42 Å². The second-order valence-corrected chi connectivity index (χ2v) is 4.96. The van der Waals surface area contributed by atoms with Crippen LogP contribution in [0.1, 0.15) is 22.9 Å². The Bertz CT molecular complexity index is 496. The summed E-state index contributed by atoms with van der Waals surface area (Å²) in [4.78, 5) is 4.17. The molecule has 0 aliphatic carbocycles. The Kier molecular flexibility index (Phi) is 3.97. The lowest BCUT2D eigenvalue weighted by atomic mass is 10.0. The van der Waals surface area contributed by atoms with E-state index in [-0.39, 0.29) is 6.04 Å². The Hall–Kier alpha value is -1.13. The average Bonchev–Trinajstić information content (AvgIpc) is 2.73. The van der Waals surface area contributed by atoms with Crippen LogP contribution >= 0.6 is 15.9 Å². The third kappa shape index (κ3) is 3.17. The molecule has 2 rings (SSSR count). The summed E-state index contributed by atoms with van der Waals surface area (Å²) in [6.07, 6.45) is 6.38. The van der Waals surface area contributed by atoms with Crippen molar-refractivity contribution in [1.29, 1.82) is 0 Å². The summed E-state index contributed by atoms with van der Waals surface area (Å²) < 4.78 is 6.35. The molecule has 2 aromatic rings. The normalized spacial score (nSPS) is 12.6. The van der Waals surface area contributed by atoms with Crippen LogP contribution in [0.5, 0.6) is 0 Å². The molecule has 0 bridgehead atoms. The number of nitrogens with one attached hydrogen (secondary N) is 1. The van der Waals surface area contributed by atoms with Gasteiger partial charge in [-0.1, -0.05) is 0 Å². The zero-order chi connectivity index (χ0) is 12.3. The predicted molar refractivity (Wildman–Crippen MR) is 70.9 cm³/mol. The number of likely N-dealkylation sites (N-methyl/N-ethyl adjacent to an activating group) is 1. The van der Waals surface area contributed by atoms with E-state index in [2.05, 4.69) is 38.4 Å². The van der Waals surface area contributed by atoms with Crippen molar-refractivity contribution >= 4 is 15.9 Å². The van der Waals surface area contributed by atoms with Crippen molar-refractivity contribution in [2.75, 3.05) is 7.05 Å². The van der Waals surface area contributed by atoms with Gasteiger partial charge in [-0.3, -0.25) is 4.98 Å². The maximum Gasteiger partial charge on any atom is 0.101 e. The fourth-order valence-corrected chi connectivity index (χ4v) is 2.25. The Morgan fingerprint density at radius 2 is 2.24 bits per heavy atom. The number of aromatic nitrogens is 1. The van der Waals surface area contributed by atoms with Crippen molar-refractivity contribution in [3.8, 4) is 0 Å². The van der Waals surface area contributed by atoms with Crippen LogP contribution in [-0.4, -0.2) is 12.0 Å². The van der Waals surface area contributed by atoms with Crippen LogP contribution in [0.15, 0.2) is 39.7 Å². The number of rotatable bonds is 4. The van der Waals surface area contributed by atoms with Crippen molar-refractivity contribution < 1.29 is 4.42 Å². The van der Waals surface area contributed by atoms with Gasteiger partial charge < -0.3 is 9.73 Å². The molecule has 2 heterocycles. The lowest BCUT2D eigenvalue weighted by Gasteiger charge is -2.14. The van der Waals surface area contributed by atoms with E-state index in [1.54, 1.807) is 6.20 Å². The zero-order valence-corrected chi connectivity index (χ0v) is 11.5. The van der Waals surface area contributed by atoms with E-state index < -0.39 is 0 Å². The second kappa shape index (κ2) is 5.47. The number of pyridine rings is 1. The third-order valence-electron chi connectivity index (χ3n) is 2.70. The lowest BCUT2D eigenvalue weighted by molar-refractivity contribution is 0.520. The monoisotopic (exact) mass is 294 g/mol. The molecule has 0 aromatic carbocycles. The molecule has 3 nitrogen and oxygen atoms in total. The highest BCUT2D eigenvalue weighted by molar-refractivity contribution is 9.10. The minimum Gasteiger partial charge on any atom is -0.469 e. The van der Waals surface area contributed by atoms with Gasteiger partial charge in [-0.2, -0.15) is 0 Å². The van der Waals surface area contributed by atoms with Crippen molar-refractivity contribution in [2.45, 2.75) is 19.4 Å². The molecule has 0 aliphatic heterocycles. The molecular weight excluding hydrogens is 280 g/mol. The summed E-state index contributed by atoms with van der Waals surface area (Å²) in [5, 5.41) is 3.30. The first-order chi connectivity index (χ1) is 8.19. The molecule has 0 fully saturated rings.